The molecule has 2 heterocycles. The van der Waals surface area contributed by atoms with Gasteiger partial charge < -0.3 is 10.0 Å². The highest BCUT2D eigenvalue weighted by Gasteiger charge is 2.68. The molecule has 2 unspecified atom stereocenters. The molecule has 1 N–H and O–H groups in total. The van der Waals surface area contributed by atoms with Crippen molar-refractivity contribution >= 4 is 5.91 Å². The Morgan fingerprint density at radius 1 is 1.21 bits per heavy atom. The summed E-state index contributed by atoms with van der Waals surface area (Å²) in [5.74, 6) is -1.32. The summed E-state index contributed by atoms with van der Waals surface area (Å²) in [6.45, 7) is 4.79. The third kappa shape index (κ3) is 2.00. The van der Waals surface area contributed by atoms with Gasteiger partial charge >= 0.3 is 0 Å². The molecule has 3 aliphatic rings. The quantitative estimate of drug-likeness (QED) is 0.863. The number of fused-ring (bicyclic) bond motifs is 5. The highest BCUT2D eigenvalue weighted by molar-refractivity contribution is 5.92. The van der Waals surface area contributed by atoms with Crippen molar-refractivity contribution in [3.8, 4) is 11.3 Å². The number of amides is 1. The van der Waals surface area contributed by atoms with Crippen LogP contribution in [0.2, 0.25) is 0 Å². The van der Waals surface area contributed by atoms with Crippen LogP contribution < -0.4 is 0 Å². The number of benzene rings is 1. The van der Waals surface area contributed by atoms with Crippen LogP contribution in [0.4, 0.5) is 8.78 Å². The Labute approximate surface area is 161 Å². The first-order valence-electron chi connectivity index (χ1n) is 9.57. The molecule has 1 aromatic carbocycles. The van der Waals surface area contributed by atoms with Crippen LogP contribution in [0.3, 0.4) is 0 Å². The number of halogens is 2. The maximum Gasteiger partial charge on any atom is 0.235 e. The first kappa shape index (κ1) is 17.7. The molecular weight excluding hydrogens is 364 g/mol. The van der Waals surface area contributed by atoms with E-state index in [1.165, 1.54) is 18.2 Å². The van der Waals surface area contributed by atoms with Crippen LogP contribution in [0.15, 0.2) is 24.3 Å². The van der Waals surface area contributed by atoms with Gasteiger partial charge in [0.05, 0.1) is 28.5 Å². The van der Waals surface area contributed by atoms with Gasteiger partial charge in [-0.15, -0.1) is 5.10 Å². The van der Waals surface area contributed by atoms with Crippen LogP contribution in [0.1, 0.15) is 43.9 Å². The zero-order valence-corrected chi connectivity index (χ0v) is 15.7. The molecule has 1 amide bonds. The largest absolute Gasteiger partial charge is 0.389 e. The lowest BCUT2D eigenvalue weighted by atomic mass is 9.67. The number of carbonyl (C=O) groups is 1. The van der Waals surface area contributed by atoms with E-state index in [1.54, 1.807) is 11.0 Å². The van der Waals surface area contributed by atoms with E-state index < -0.39 is 23.2 Å². The van der Waals surface area contributed by atoms with Crippen LogP contribution in [0, 0.1) is 17.0 Å². The molecule has 7 heteroatoms. The van der Waals surface area contributed by atoms with Gasteiger partial charge in [-0.2, -0.15) is 5.10 Å². The molecule has 2 fully saturated rings. The molecule has 2 bridgehead atoms. The molecule has 2 aromatic rings. The van der Waals surface area contributed by atoms with Gasteiger partial charge in [-0.3, -0.25) is 4.79 Å². The SMILES string of the molecule is CC1(C)C2CCC1(C(=O)N1CC(O)C1)c1nnc(-c3c(F)cccc3F)cc12. The van der Waals surface area contributed by atoms with Crippen LogP contribution >= 0.6 is 0 Å². The lowest BCUT2D eigenvalue weighted by Crippen LogP contribution is -2.61. The minimum Gasteiger partial charge on any atom is -0.389 e. The molecule has 1 saturated heterocycles. The number of β-amino-alcohol motifs (C(OH)–C–C–N with tert-alkyl or cyclic N) is 1. The number of aliphatic hydroxyl groups excluding tert-OH is 1. The topological polar surface area (TPSA) is 66.3 Å². The second-order valence-electron chi connectivity index (χ2n) is 8.71. The predicted molar refractivity (Wildman–Crippen MR) is 97.4 cm³/mol. The number of hydrogen-bond donors (Lipinski definition) is 1. The minimum absolute atomic E-state index is 0.0248. The molecule has 5 rings (SSSR count). The molecule has 2 aliphatic carbocycles. The Bertz CT molecular complexity index is 983. The molecule has 1 aliphatic heterocycles. The summed E-state index contributed by atoms with van der Waals surface area (Å²) in [5, 5.41) is 18.1. The van der Waals surface area contributed by atoms with Gasteiger partial charge in [0.25, 0.3) is 0 Å². The van der Waals surface area contributed by atoms with Crippen LogP contribution in [0.25, 0.3) is 11.3 Å². The Hall–Kier alpha value is -2.41. The van der Waals surface area contributed by atoms with Crippen molar-refractivity contribution in [3.05, 3.63) is 47.2 Å². The monoisotopic (exact) mass is 385 g/mol. The Morgan fingerprint density at radius 3 is 2.54 bits per heavy atom. The van der Waals surface area contributed by atoms with Crippen LogP contribution in [-0.2, 0) is 10.2 Å². The molecule has 146 valence electrons. The molecule has 1 saturated carbocycles. The van der Waals surface area contributed by atoms with Gasteiger partial charge in [0.1, 0.15) is 11.6 Å². The number of carbonyl (C=O) groups excluding carboxylic acids is 1. The smallest absolute Gasteiger partial charge is 0.235 e. The lowest BCUT2D eigenvalue weighted by Gasteiger charge is -2.45. The van der Waals surface area contributed by atoms with Crippen molar-refractivity contribution in [2.45, 2.75) is 44.1 Å². The Kier molecular flexibility index (Phi) is 3.51. The Balaban J connectivity index is 1.64. The zero-order chi connectivity index (χ0) is 19.8. The first-order valence-corrected chi connectivity index (χ1v) is 9.57. The number of aliphatic hydroxyl groups is 1. The number of aromatic nitrogens is 2. The highest BCUT2D eigenvalue weighted by Crippen LogP contribution is 2.68. The van der Waals surface area contributed by atoms with E-state index in [2.05, 4.69) is 24.0 Å². The van der Waals surface area contributed by atoms with Crippen LogP contribution in [-0.4, -0.2) is 45.3 Å². The second-order valence-corrected chi connectivity index (χ2v) is 8.71. The molecule has 1 aromatic heterocycles. The van der Waals surface area contributed by atoms with Gasteiger partial charge in [-0.25, -0.2) is 8.78 Å². The van der Waals surface area contributed by atoms with Crippen molar-refractivity contribution in [1.29, 1.82) is 0 Å². The first-order chi connectivity index (χ1) is 13.3. The maximum atomic E-state index is 14.2. The fraction of sp³-hybridized carbons (Fsp3) is 0.476. The predicted octanol–water partition coefficient (Wildman–Crippen LogP) is 2.78. The van der Waals surface area contributed by atoms with Gasteiger partial charge in [-0.05, 0) is 47.9 Å². The number of nitrogens with zero attached hydrogens (tertiary/aromatic N) is 3. The van der Waals surface area contributed by atoms with E-state index in [0.29, 0.717) is 25.2 Å². The normalized spacial score (nSPS) is 27.6. The summed E-state index contributed by atoms with van der Waals surface area (Å²) in [5.41, 5.74) is 0.267. The molecule has 0 spiro atoms. The van der Waals surface area contributed by atoms with Gasteiger partial charge in [0.15, 0.2) is 0 Å². The summed E-state index contributed by atoms with van der Waals surface area (Å²) in [7, 11) is 0. The van der Waals surface area contributed by atoms with E-state index in [1.807, 2.05) is 0 Å². The summed E-state index contributed by atoms with van der Waals surface area (Å²) in [6.07, 6.45) is 1.01. The third-order valence-corrected chi connectivity index (χ3v) is 7.12. The van der Waals surface area contributed by atoms with Crippen molar-refractivity contribution in [1.82, 2.24) is 15.1 Å². The standard InChI is InChI=1S/C21H21F2N3O2/c1-20(2)13-6-7-21(20,19(28)26-9-11(27)10-26)18-12(13)8-16(24-25-18)17-14(22)4-3-5-15(17)23/h3-5,8,11,13,27H,6-7,9-10H2,1-2H3. The molecule has 0 radical (unpaired) electrons. The van der Waals surface area contributed by atoms with E-state index in [0.717, 1.165) is 12.0 Å². The van der Waals surface area contributed by atoms with E-state index in [9.17, 15) is 18.7 Å². The number of likely N-dealkylation sites (tertiary alicyclic amines) is 1. The number of hydrogen-bond acceptors (Lipinski definition) is 4. The summed E-state index contributed by atoms with van der Waals surface area (Å²) < 4.78 is 28.5. The van der Waals surface area contributed by atoms with Crippen molar-refractivity contribution in [2.24, 2.45) is 5.41 Å². The fourth-order valence-electron chi connectivity index (χ4n) is 5.55. The zero-order valence-electron chi connectivity index (χ0n) is 15.7. The van der Waals surface area contributed by atoms with E-state index >= 15 is 0 Å². The van der Waals surface area contributed by atoms with Crippen molar-refractivity contribution in [2.75, 3.05) is 13.1 Å². The third-order valence-electron chi connectivity index (χ3n) is 7.12. The fourth-order valence-corrected chi connectivity index (χ4v) is 5.55. The van der Waals surface area contributed by atoms with Crippen LogP contribution in [0.5, 0.6) is 0 Å². The highest BCUT2D eigenvalue weighted by atomic mass is 19.1. The summed E-state index contributed by atoms with van der Waals surface area (Å²) in [6, 6.07) is 5.41. The Morgan fingerprint density at radius 2 is 1.89 bits per heavy atom. The van der Waals surface area contributed by atoms with Crippen molar-refractivity contribution in [3.63, 3.8) is 0 Å². The van der Waals surface area contributed by atoms with Gasteiger partial charge in [0, 0.05) is 13.1 Å². The average Bonchev–Trinajstić information content (AvgIpc) is 3.00. The molecule has 2 atom stereocenters. The number of rotatable bonds is 2. The molecule has 28 heavy (non-hydrogen) atoms. The van der Waals surface area contributed by atoms with E-state index in [-0.39, 0.29) is 28.5 Å². The minimum atomic E-state index is -0.799. The summed E-state index contributed by atoms with van der Waals surface area (Å²) >= 11 is 0. The lowest BCUT2D eigenvalue weighted by molar-refractivity contribution is -0.151. The molecular formula is C21H21F2N3O2. The van der Waals surface area contributed by atoms with Gasteiger partial charge in [0.2, 0.25) is 5.91 Å². The van der Waals surface area contributed by atoms with Gasteiger partial charge in [-0.1, -0.05) is 19.9 Å². The maximum absolute atomic E-state index is 14.2. The summed E-state index contributed by atoms with van der Waals surface area (Å²) in [4.78, 5) is 15.1. The van der Waals surface area contributed by atoms with E-state index in [4.69, 9.17) is 0 Å². The van der Waals surface area contributed by atoms with Crippen molar-refractivity contribution < 1.29 is 18.7 Å². The average molecular weight is 385 g/mol. The second kappa shape index (κ2) is 5.56. The molecule has 5 nitrogen and oxygen atoms in total.